The molecule has 0 aliphatic heterocycles. The van der Waals surface area contributed by atoms with Crippen LogP contribution in [0, 0.1) is 0 Å². The van der Waals surface area contributed by atoms with Crippen LogP contribution in [-0.4, -0.2) is 30.9 Å². The normalized spacial score (nSPS) is 12.6. The molecule has 2 rings (SSSR count). The molecule has 5 nitrogen and oxygen atoms in total. The maximum Gasteiger partial charge on any atom is 0.233 e. The molecule has 0 aromatic heterocycles. The van der Waals surface area contributed by atoms with Crippen molar-refractivity contribution in [3.05, 3.63) is 66.2 Å². The van der Waals surface area contributed by atoms with Gasteiger partial charge in [-0.1, -0.05) is 48.5 Å². The molecule has 0 bridgehead atoms. The Morgan fingerprint density at radius 2 is 1.52 bits per heavy atom. The Hall–Kier alpha value is -2.18. The van der Waals surface area contributed by atoms with Gasteiger partial charge in [0.1, 0.15) is 0 Å². The van der Waals surface area contributed by atoms with Crippen LogP contribution in [0.5, 0.6) is 0 Å². The lowest BCUT2D eigenvalue weighted by Crippen LogP contribution is -2.30. The van der Waals surface area contributed by atoms with E-state index in [0.29, 0.717) is 10.6 Å². The lowest BCUT2D eigenvalue weighted by atomic mass is 10.1. The molecule has 0 saturated carbocycles. The third-order valence-electron chi connectivity index (χ3n) is 3.09. The Morgan fingerprint density at radius 3 is 2.05 bits per heavy atom. The van der Waals surface area contributed by atoms with Crippen LogP contribution in [0.25, 0.3) is 0 Å². The first-order valence-electron chi connectivity index (χ1n) is 6.30. The topological polar surface area (TPSA) is 74.7 Å². The fourth-order valence-electron chi connectivity index (χ4n) is 2.01. The highest BCUT2D eigenvalue weighted by atomic mass is 32.2. The van der Waals surface area contributed by atoms with Gasteiger partial charge in [0.2, 0.25) is 6.41 Å². The van der Waals surface area contributed by atoms with Crippen LogP contribution in [0.3, 0.4) is 0 Å². The highest BCUT2D eigenvalue weighted by Gasteiger charge is 2.26. The minimum Gasteiger partial charge on any atom is -0.285 e. The van der Waals surface area contributed by atoms with Crippen molar-refractivity contribution < 1.29 is 18.4 Å². The van der Waals surface area contributed by atoms with Crippen molar-refractivity contribution >= 4 is 16.2 Å². The van der Waals surface area contributed by atoms with Crippen LogP contribution in [0.2, 0.25) is 0 Å². The third kappa shape index (κ3) is 3.68. The van der Waals surface area contributed by atoms with Crippen LogP contribution < -0.4 is 0 Å². The van der Waals surface area contributed by atoms with Gasteiger partial charge in [0, 0.05) is 0 Å². The number of benzene rings is 2. The second kappa shape index (κ2) is 6.51. The van der Waals surface area contributed by atoms with Gasteiger partial charge in [-0.3, -0.25) is 10.0 Å². The van der Waals surface area contributed by atoms with Gasteiger partial charge in [-0.15, -0.1) is 0 Å². The van der Waals surface area contributed by atoms with E-state index in [0.717, 1.165) is 0 Å². The summed E-state index contributed by atoms with van der Waals surface area (Å²) in [4.78, 5) is 11.0. The average molecular weight is 305 g/mol. The summed E-state index contributed by atoms with van der Waals surface area (Å²) in [5.74, 6) is -0.393. The predicted molar refractivity (Wildman–Crippen MR) is 77.4 cm³/mol. The summed E-state index contributed by atoms with van der Waals surface area (Å²) < 4.78 is 24.8. The maximum atomic E-state index is 12.4. The number of sulfone groups is 1. The van der Waals surface area contributed by atoms with Crippen LogP contribution in [0.15, 0.2) is 65.6 Å². The molecule has 6 heteroatoms. The van der Waals surface area contributed by atoms with Crippen molar-refractivity contribution in [2.24, 2.45) is 0 Å². The van der Waals surface area contributed by atoms with Crippen molar-refractivity contribution in [1.29, 1.82) is 0 Å². The summed E-state index contributed by atoms with van der Waals surface area (Å²) in [5.41, 5.74) is 0.548. The SMILES string of the molecule is O=CN(O)C(CS(=O)(=O)c1ccccc1)c1ccccc1. The Balaban J connectivity index is 2.34. The van der Waals surface area contributed by atoms with Crippen molar-refractivity contribution in [2.75, 3.05) is 5.75 Å². The molecule has 1 atom stereocenters. The van der Waals surface area contributed by atoms with Gasteiger partial charge in [0.05, 0.1) is 16.7 Å². The molecular weight excluding hydrogens is 290 g/mol. The highest BCUT2D eigenvalue weighted by molar-refractivity contribution is 7.91. The number of amides is 1. The standard InChI is InChI=1S/C15H15NO4S/c17-12-16(18)15(13-7-3-1-4-8-13)11-21(19,20)14-9-5-2-6-10-14/h1-10,12,15,18H,11H2. The summed E-state index contributed by atoms with van der Waals surface area (Å²) in [5, 5.41) is 10.1. The lowest BCUT2D eigenvalue weighted by molar-refractivity contribution is -0.158. The van der Waals surface area contributed by atoms with E-state index in [1.165, 1.54) is 12.1 Å². The minimum atomic E-state index is -3.62. The second-order valence-corrected chi connectivity index (χ2v) is 6.54. The zero-order chi connectivity index (χ0) is 15.3. The molecular formula is C15H15NO4S. The van der Waals surface area contributed by atoms with E-state index in [2.05, 4.69) is 0 Å². The van der Waals surface area contributed by atoms with E-state index in [1.54, 1.807) is 48.5 Å². The van der Waals surface area contributed by atoms with Crippen LogP contribution >= 0.6 is 0 Å². The number of rotatable bonds is 6. The number of hydroxylamine groups is 2. The monoisotopic (exact) mass is 305 g/mol. The maximum absolute atomic E-state index is 12.4. The van der Waals surface area contributed by atoms with E-state index in [9.17, 15) is 18.4 Å². The van der Waals surface area contributed by atoms with Crippen molar-refractivity contribution in [3.63, 3.8) is 0 Å². The third-order valence-corrected chi connectivity index (χ3v) is 4.84. The summed E-state index contributed by atoms with van der Waals surface area (Å²) in [6, 6.07) is 15.5. The Morgan fingerprint density at radius 1 is 1.00 bits per heavy atom. The number of hydrogen-bond donors (Lipinski definition) is 1. The summed E-state index contributed by atoms with van der Waals surface area (Å²) in [6.45, 7) is 0. The van der Waals surface area contributed by atoms with Gasteiger partial charge in [0.25, 0.3) is 0 Å². The van der Waals surface area contributed by atoms with Gasteiger partial charge >= 0.3 is 0 Å². The van der Waals surface area contributed by atoms with Gasteiger partial charge in [0.15, 0.2) is 9.84 Å². The minimum absolute atomic E-state index is 0.158. The average Bonchev–Trinajstić information content (AvgIpc) is 2.53. The Labute approximate surface area is 123 Å². The number of carbonyl (C=O) groups excluding carboxylic acids is 1. The second-order valence-electron chi connectivity index (χ2n) is 4.51. The molecule has 0 aliphatic carbocycles. The molecule has 1 amide bonds. The molecule has 110 valence electrons. The lowest BCUT2D eigenvalue weighted by Gasteiger charge is -2.22. The first-order chi connectivity index (χ1) is 10.0. The van der Waals surface area contributed by atoms with Crippen LogP contribution in [0.4, 0.5) is 0 Å². The molecule has 0 aliphatic rings. The van der Waals surface area contributed by atoms with E-state index >= 15 is 0 Å². The van der Waals surface area contributed by atoms with E-state index in [-0.39, 0.29) is 11.3 Å². The molecule has 2 aromatic carbocycles. The molecule has 0 spiro atoms. The zero-order valence-corrected chi connectivity index (χ0v) is 12.0. The van der Waals surface area contributed by atoms with E-state index < -0.39 is 21.6 Å². The van der Waals surface area contributed by atoms with Crippen LogP contribution in [-0.2, 0) is 14.6 Å². The van der Waals surface area contributed by atoms with Gasteiger partial charge in [-0.25, -0.2) is 13.5 Å². The fraction of sp³-hybridized carbons (Fsp3) is 0.133. The largest absolute Gasteiger partial charge is 0.285 e. The van der Waals surface area contributed by atoms with Gasteiger partial charge < -0.3 is 0 Å². The quantitative estimate of drug-likeness (QED) is 0.503. The van der Waals surface area contributed by atoms with Gasteiger partial charge in [-0.2, -0.15) is 0 Å². The molecule has 2 aromatic rings. The van der Waals surface area contributed by atoms with Gasteiger partial charge in [-0.05, 0) is 17.7 Å². The fourth-order valence-corrected chi connectivity index (χ4v) is 3.53. The Kier molecular flexibility index (Phi) is 4.72. The molecule has 0 heterocycles. The first-order valence-corrected chi connectivity index (χ1v) is 7.95. The van der Waals surface area contributed by atoms with Crippen molar-refractivity contribution in [2.45, 2.75) is 10.9 Å². The summed E-state index contributed by atoms with van der Waals surface area (Å²) >= 11 is 0. The molecule has 0 saturated heterocycles. The highest BCUT2D eigenvalue weighted by Crippen LogP contribution is 2.23. The predicted octanol–water partition coefficient (Wildman–Crippen LogP) is 2.05. The Bertz CT molecular complexity index is 686. The van der Waals surface area contributed by atoms with E-state index in [4.69, 9.17) is 0 Å². The molecule has 1 N–H and O–H groups in total. The number of hydrogen-bond acceptors (Lipinski definition) is 4. The first kappa shape index (κ1) is 15.2. The molecule has 0 radical (unpaired) electrons. The number of carbonyl (C=O) groups is 1. The smallest absolute Gasteiger partial charge is 0.233 e. The van der Waals surface area contributed by atoms with E-state index in [1.807, 2.05) is 0 Å². The summed E-state index contributed by atoms with van der Waals surface area (Å²) in [6.07, 6.45) is 0.207. The number of nitrogens with zero attached hydrogens (tertiary/aromatic N) is 1. The molecule has 1 unspecified atom stereocenters. The zero-order valence-electron chi connectivity index (χ0n) is 11.2. The summed E-state index contributed by atoms with van der Waals surface area (Å²) in [7, 11) is -3.62. The van der Waals surface area contributed by atoms with Crippen LogP contribution in [0.1, 0.15) is 11.6 Å². The molecule has 21 heavy (non-hydrogen) atoms. The van der Waals surface area contributed by atoms with Crippen molar-refractivity contribution in [3.8, 4) is 0 Å². The molecule has 0 fully saturated rings. The van der Waals surface area contributed by atoms with Crippen molar-refractivity contribution in [1.82, 2.24) is 5.06 Å².